The molecule has 2 aromatic carbocycles. The van der Waals surface area contributed by atoms with E-state index in [2.05, 4.69) is 18.7 Å². The van der Waals surface area contributed by atoms with Gasteiger partial charge >= 0.3 is 0 Å². The Bertz CT molecular complexity index is 941. The molecule has 1 aliphatic rings. The normalized spacial score (nSPS) is 15.3. The molecule has 7 nitrogen and oxygen atoms in total. The van der Waals surface area contributed by atoms with Gasteiger partial charge in [0.05, 0.1) is 26.2 Å². The third kappa shape index (κ3) is 4.34. The van der Waals surface area contributed by atoms with Crippen molar-refractivity contribution in [3.05, 3.63) is 42.0 Å². The summed E-state index contributed by atoms with van der Waals surface area (Å²) in [6, 6.07) is 11.0. The molecular weight excluding hydrogens is 404 g/mol. The number of hydrogen-bond acceptors (Lipinski definition) is 6. The Balaban J connectivity index is 1.75. The maximum atomic E-state index is 13.0. The molecule has 30 heavy (non-hydrogen) atoms. The van der Waals surface area contributed by atoms with Crippen molar-refractivity contribution >= 4 is 15.7 Å². The highest BCUT2D eigenvalue weighted by molar-refractivity contribution is 7.89. The van der Waals surface area contributed by atoms with Crippen molar-refractivity contribution in [2.45, 2.75) is 24.7 Å². The second kappa shape index (κ2) is 9.14. The fourth-order valence-corrected chi connectivity index (χ4v) is 5.03. The third-order valence-corrected chi connectivity index (χ3v) is 7.35. The first-order valence-electron chi connectivity index (χ1n) is 9.97. The average molecular weight is 435 g/mol. The predicted octanol–water partition coefficient (Wildman–Crippen LogP) is 3.35. The highest BCUT2D eigenvalue weighted by Crippen LogP contribution is 2.41. The lowest BCUT2D eigenvalue weighted by Crippen LogP contribution is -2.48. The molecule has 3 rings (SSSR count). The summed E-state index contributed by atoms with van der Waals surface area (Å²) in [6.45, 7) is 6.14. The molecule has 0 amide bonds. The smallest absolute Gasteiger partial charge is 0.243 e. The highest BCUT2D eigenvalue weighted by atomic mass is 32.2. The van der Waals surface area contributed by atoms with Crippen LogP contribution in [0.2, 0.25) is 0 Å². The first kappa shape index (κ1) is 22.2. The minimum atomic E-state index is -3.51. The fraction of sp³-hybridized carbons (Fsp3) is 0.455. The van der Waals surface area contributed by atoms with E-state index in [9.17, 15) is 8.42 Å². The third-order valence-electron chi connectivity index (χ3n) is 5.44. The molecule has 0 saturated carbocycles. The van der Waals surface area contributed by atoms with Crippen LogP contribution in [0.1, 0.15) is 25.3 Å². The lowest BCUT2D eigenvalue weighted by atomic mass is 10.0. The van der Waals surface area contributed by atoms with Crippen molar-refractivity contribution < 1.29 is 22.6 Å². The number of piperazine rings is 1. The summed E-state index contributed by atoms with van der Waals surface area (Å²) in [5.74, 6) is 2.05. The van der Waals surface area contributed by atoms with Crippen LogP contribution >= 0.6 is 0 Å². The van der Waals surface area contributed by atoms with E-state index >= 15 is 0 Å². The Morgan fingerprint density at radius 3 is 1.80 bits per heavy atom. The molecule has 0 unspecified atom stereocenters. The van der Waals surface area contributed by atoms with E-state index in [1.807, 2.05) is 24.3 Å². The molecule has 2 aromatic rings. The number of methoxy groups -OCH3 is 3. The number of anilines is 1. The van der Waals surface area contributed by atoms with Crippen LogP contribution in [0.25, 0.3) is 0 Å². The Morgan fingerprint density at radius 2 is 1.37 bits per heavy atom. The Labute approximate surface area is 179 Å². The quantitative estimate of drug-likeness (QED) is 0.666. The Kier molecular flexibility index (Phi) is 6.77. The van der Waals surface area contributed by atoms with Crippen LogP contribution < -0.4 is 19.1 Å². The molecule has 1 heterocycles. The molecule has 0 spiro atoms. The van der Waals surface area contributed by atoms with Crippen LogP contribution in [0.5, 0.6) is 17.2 Å². The highest BCUT2D eigenvalue weighted by Gasteiger charge is 2.29. The zero-order chi connectivity index (χ0) is 21.9. The summed E-state index contributed by atoms with van der Waals surface area (Å²) in [7, 11) is 1.22. The van der Waals surface area contributed by atoms with Crippen LogP contribution in [-0.4, -0.2) is 60.2 Å². The Morgan fingerprint density at radius 1 is 0.833 bits per heavy atom. The van der Waals surface area contributed by atoms with Crippen LogP contribution in [0.3, 0.4) is 0 Å². The lowest BCUT2D eigenvalue weighted by Gasteiger charge is -2.35. The van der Waals surface area contributed by atoms with Gasteiger partial charge in [-0.15, -0.1) is 0 Å². The molecule has 0 atom stereocenters. The summed E-state index contributed by atoms with van der Waals surface area (Å²) in [5, 5.41) is 0. The number of benzene rings is 2. The number of sulfonamides is 1. The zero-order valence-electron chi connectivity index (χ0n) is 18.2. The average Bonchev–Trinajstić information content (AvgIpc) is 2.78. The van der Waals surface area contributed by atoms with Crippen LogP contribution in [0.15, 0.2) is 41.3 Å². The topological polar surface area (TPSA) is 68.3 Å². The standard InChI is InChI=1S/C22H30N2O5S/c1-16(2)17-6-8-19(9-7-17)30(25,26)24-12-10-23(11-13-24)18-14-20(27-3)22(29-5)21(15-18)28-4/h6-9,14-16H,10-13H2,1-5H3. The summed E-state index contributed by atoms with van der Waals surface area (Å²) >= 11 is 0. The van der Waals surface area contributed by atoms with Gasteiger partial charge in [-0.25, -0.2) is 8.42 Å². The first-order chi connectivity index (χ1) is 14.3. The minimum Gasteiger partial charge on any atom is -0.493 e. The number of ether oxygens (including phenoxy) is 3. The summed E-state index contributed by atoms with van der Waals surface area (Å²) in [4.78, 5) is 2.46. The van der Waals surface area contributed by atoms with Crippen molar-refractivity contribution in [2.24, 2.45) is 0 Å². The van der Waals surface area contributed by atoms with Gasteiger partial charge in [0, 0.05) is 44.0 Å². The molecule has 0 radical (unpaired) electrons. The molecule has 1 aliphatic heterocycles. The van der Waals surface area contributed by atoms with Crippen LogP contribution in [0, 0.1) is 0 Å². The number of nitrogens with zero attached hydrogens (tertiary/aromatic N) is 2. The van der Waals surface area contributed by atoms with Gasteiger partial charge in [0.15, 0.2) is 11.5 Å². The molecule has 0 aliphatic carbocycles. The lowest BCUT2D eigenvalue weighted by molar-refractivity contribution is 0.324. The van der Waals surface area contributed by atoms with E-state index in [-0.39, 0.29) is 0 Å². The van der Waals surface area contributed by atoms with Crippen molar-refractivity contribution in [3.63, 3.8) is 0 Å². The SMILES string of the molecule is COc1cc(N2CCN(S(=O)(=O)c3ccc(C(C)C)cc3)CC2)cc(OC)c1OC. The summed E-state index contributed by atoms with van der Waals surface area (Å²) in [5.41, 5.74) is 2.03. The summed E-state index contributed by atoms with van der Waals surface area (Å²) in [6.07, 6.45) is 0. The molecule has 0 bridgehead atoms. The number of hydrogen-bond donors (Lipinski definition) is 0. The first-order valence-corrected chi connectivity index (χ1v) is 11.4. The largest absolute Gasteiger partial charge is 0.493 e. The minimum absolute atomic E-state index is 0.341. The van der Waals surface area contributed by atoms with Gasteiger partial charge in [-0.2, -0.15) is 4.31 Å². The van der Waals surface area contributed by atoms with Crippen LogP contribution in [0.4, 0.5) is 5.69 Å². The van der Waals surface area contributed by atoms with Crippen molar-refractivity contribution in [1.29, 1.82) is 0 Å². The van der Waals surface area contributed by atoms with E-state index in [4.69, 9.17) is 14.2 Å². The molecular formula is C22H30N2O5S. The van der Waals surface area contributed by atoms with Gasteiger partial charge in [0.25, 0.3) is 0 Å². The maximum absolute atomic E-state index is 13.0. The summed E-state index contributed by atoms with van der Waals surface area (Å²) < 4.78 is 43.9. The van der Waals surface area contributed by atoms with Crippen molar-refractivity contribution in [3.8, 4) is 17.2 Å². The van der Waals surface area contributed by atoms with Gasteiger partial charge in [-0.1, -0.05) is 26.0 Å². The Hall–Kier alpha value is -2.45. The second-order valence-electron chi connectivity index (χ2n) is 7.50. The van der Waals surface area contributed by atoms with E-state index < -0.39 is 10.0 Å². The van der Waals surface area contributed by atoms with Gasteiger partial charge in [-0.05, 0) is 23.6 Å². The monoisotopic (exact) mass is 434 g/mol. The molecule has 0 N–H and O–H groups in total. The van der Waals surface area contributed by atoms with Crippen molar-refractivity contribution in [1.82, 2.24) is 4.31 Å². The van der Waals surface area contributed by atoms with Gasteiger partial charge < -0.3 is 19.1 Å². The van der Waals surface area contributed by atoms with E-state index in [0.29, 0.717) is 54.2 Å². The van der Waals surface area contributed by atoms with Gasteiger partial charge in [0.1, 0.15) is 0 Å². The zero-order valence-corrected chi connectivity index (χ0v) is 19.0. The molecule has 1 fully saturated rings. The van der Waals surface area contributed by atoms with Crippen molar-refractivity contribution in [2.75, 3.05) is 52.4 Å². The predicted molar refractivity (Wildman–Crippen MR) is 118 cm³/mol. The van der Waals surface area contributed by atoms with E-state index in [1.165, 1.54) is 0 Å². The van der Waals surface area contributed by atoms with E-state index in [0.717, 1.165) is 11.3 Å². The molecule has 1 saturated heterocycles. The van der Waals surface area contributed by atoms with Gasteiger partial charge in [-0.3, -0.25) is 0 Å². The molecule has 164 valence electrons. The fourth-order valence-electron chi connectivity index (χ4n) is 3.61. The number of rotatable bonds is 7. The van der Waals surface area contributed by atoms with E-state index in [1.54, 1.807) is 37.8 Å². The van der Waals surface area contributed by atoms with Gasteiger partial charge in [0.2, 0.25) is 15.8 Å². The van der Waals surface area contributed by atoms with Crippen LogP contribution in [-0.2, 0) is 10.0 Å². The second-order valence-corrected chi connectivity index (χ2v) is 9.44. The molecule has 8 heteroatoms. The molecule has 0 aromatic heterocycles. The maximum Gasteiger partial charge on any atom is 0.243 e.